The molecule has 1 aromatic rings. The van der Waals surface area contributed by atoms with Crippen LogP contribution in [0, 0.1) is 5.92 Å². The molecule has 0 aliphatic carbocycles. The van der Waals surface area contributed by atoms with Gasteiger partial charge < -0.3 is 25.1 Å². The average molecular weight is 338 g/mol. The Morgan fingerprint density at radius 3 is 2.54 bits per heavy atom. The highest BCUT2D eigenvalue weighted by molar-refractivity contribution is 5.79. The highest BCUT2D eigenvalue weighted by Gasteiger charge is 2.21. The third kappa shape index (κ3) is 7.89. The Balaban J connectivity index is 2.47. The van der Waals surface area contributed by atoms with Crippen molar-refractivity contribution in [1.82, 2.24) is 16.0 Å². The summed E-state index contributed by atoms with van der Waals surface area (Å²) in [5.74, 6) is 1.71. The van der Waals surface area contributed by atoms with E-state index in [2.05, 4.69) is 20.9 Å². The average Bonchev–Trinajstić information content (AvgIpc) is 2.97. The van der Waals surface area contributed by atoms with Gasteiger partial charge >= 0.3 is 6.09 Å². The lowest BCUT2D eigenvalue weighted by molar-refractivity contribution is 0.0491. The van der Waals surface area contributed by atoms with Crippen molar-refractivity contribution in [3.63, 3.8) is 0 Å². The number of furan rings is 1. The zero-order valence-electron chi connectivity index (χ0n) is 15.5. The summed E-state index contributed by atoms with van der Waals surface area (Å²) in [5.41, 5.74) is -0.514. The van der Waals surface area contributed by atoms with Gasteiger partial charge in [0.2, 0.25) is 0 Å². The van der Waals surface area contributed by atoms with E-state index in [-0.39, 0.29) is 12.0 Å². The standard InChI is InChI=1S/C17H30N4O3/c1-12(2)14(21-16(22)24-17(3,4)5)11-20-15(18-6)19-10-13-8-7-9-23-13/h7-9,12,14H,10-11H2,1-6H3,(H,21,22)(H2,18,19,20). The molecule has 1 heterocycles. The van der Waals surface area contributed by atoms with Gasteiger partial charge in [-0.15, -0.1) is 0 Å². The maximum absolute atomic E-state index is 11.9. The van der Waals surface area contributed by atoms with E-state index in [0.29, 0.717) is 19.0 Å². The molecule has 0 spiro atoms. The first-order valence-corrected chi connectivity index (χ1v) is 8.17. The van der Waals surface area contributed by atoms with Crippen molar-refractivity contribution in [2.45, 2.75) is 52.8 Å². The number of hydrogen-bond acceptors (Lipinski definition) is 4. The number of nitrogens with one attached hydrogen (secondary N) is 3. The van der Waals surface area contributed by atoms with Crippen LogP contribution in [0.2, 0.25) is 0 Å². The molecule has 7 heteroatoms. The molecule has 1 amide bonds. The van der Waals surface area contributed by atoms with Gasteiger partial charge in [-0.2, -0.15) is 0 Å². The van der Waals surface area contributed by atoms with Gasteiger partial charge in [-0.1, -0.05) is 13.8 Å². The van der Waals surface area contributed by atoms with Crippen molar-refractivity contribution in [3.8, 4) is 0 Å². The van der Waals surface area contributed by atoms with Crippen LogP contribution in [-0.4, -0.2) is 37.3 Å². The van der Waals surface area contributed by atoms with E-state index in [4.69, 9.17) is 9.15 Å². The Kier molecular flexibility index (Phi) is 7.61. The lowest BCUT2D eigenvalue weighted by Gasteiger charge is -2.26. The molecule has 7 nitrogen and oxygen atoms in total. The van der Waals surface area contributed by atoms with Gasteiger partial charge in [-0.05, 0) is 38.8 Å². The fraction of sp³-hybridized carbons (Fsp3) is 0.647. The summed E-state index contributed by atoms with van der Waals surface area (Å²) < 4.78 is 10.6. The van der Waals surface area contributed by atoms with Gasteiger partial charge in [0.15, 0.2) is 5.96 Å². The van der Waals surface area contributed by atoms with Gasteiger partial charge in [0.25, 0.3) is 0 Å². The van der Waals surface area contributed by atoms with Crippen LogP contribution < -0.4 is 16.0 Å². The van der Waals surface area contributed by atoms with E-state index < -0.39 is 11.7 Å². The first-order chi connectivity index (χ1) is 11.2. The quantitative estimate of drug-likeness (QED) is 0.548. The number of guanidine groups is 1. The van der Waals surface area contributed by atoms with Crippen LogP contribution in [-0.2, 0) is 11.3 Å². The van der Waals surface area contributed by atoms with Crippen LogP contribution in [0.25, 0.3) is 0 Å². The SMILES string of the molecule is CN=C(NCc1ccco1)NCC(NC(=O)OC(C)(C)C)C(C)C. The molecule has 0 saturated carbocycles. The number of hydrogen-bond donors (Lipinski definition) is 3. The van der Waals surface area contributed by atoms with Crippen LogP contribution in [0.15, 0.2) is 27.8 Å². The van der Waals surface area contributed by atoms with Crippen LogP contribution in [0.1, 0.15) is 40.4 Å². The molecule has 0 saturated heterocycles. The number of ether oxygens (including phenoxy) is 1. The normalized spacial score (nSPS) is 13.5. The second-order valence-electron chi connectivity index (χ2n) is 6.88. The molecule has 0 aliphatic heterocycles. The maximum Gasteiger partial charge on any atom is 0.407 e. The number of aliphatic imine (C=N–C) groups is 1. The van der Waals surface area contributed by atoms with E-state index in [9.17, 15) is 4.79 Å². The smallest absolute Gasteiger partial charge is 0.407 e. The zero-order chi connectivity index (χ0) is 18.2. The van der Waals surface area contributed by atoms with Crippen molar-refractivity contribution >= 4 is 12.1 Å². The second kappa shape index (κ2) is 9.20. The minimum atomic E-state index is -0.514. The molecule has 1 aromatic heterocycles. The fourth-order valence-corrected chi connectivity index (χ4v) is 1.92. The number of carbonyl (C=O) groups is 1. The third-order valence-corrected chi connectivity index (χ3v) is 3.23. The van der Waals surface area contributed by atoms with Gasteiger partial charge in [0, 0.05) is 13.6 Å². The number of rotatable bonds is 6. The Hall–Kier alpha value is -2.18. The highest BCUT2D eigenvalue weighted by atomic mass is 16.6. The molecule has 0 fully saturated rings. The minimum absolute atomic E-state index is 0.0815. The predicted octanol–water partition coefficient (Wildman–Crippen LogP) is 2.49. The van der Waals surface area contributed by atoms with Crippen LogP contribution in [0.3, 0.4) is 0 Å². The molecular weight excluding hydrogens is 308 g/mol. The van der Waals surface area contributed by atoms with E-state index in [1.807, 2.05) is 46.8 Å². The second-order valence-corrected chi connectivity index (χ2v) is 6.88. The van der Waals surface area contributed by atoms with Crippen molar-refractivity contribution in [1.29, 1.82) is 0 Å². The van der Waals surface area contributed by atoms with Gasteiger partial charge in [0.05, 0.1) is 18.8 Å². The molecule has 24 heavy (non-hydrogen) atoms. The molecule has 136 valence electrons. The Labute approximate surface area is 144 Å². The van der Waals surface area contributed by atoms with Crippen molar-refractivity contribution in [2.24, 2.45) is 10.9 Å². The maximum atomic E-state index is 11.9. The summed E-state index contributed by atoms with van der Waals surface area (Å²) in [5, 5.41) is 9.26. The first kappa shape index (κ1) is 19.9. The molecule has 0 radical (unpaired) electrons. The van der Waals surface area contributed by atoms with Crippen LogP contribution in [0.5, 0.6) is 0 Å². The molecule has 1 unspecified atom stereocenters. The summed E-state index contributed by atoms with van der Waals surface area (Å²) in [6, 6.07) is 3.65. The molecule has 0 aliphatic rings. The Bertz CT molecular complexity index is 518. The summed E-state index contributed by atoms with van der Waals surface area (Å²) in [4.78, 5) is 16.1. The zero-order valence-corrected chi connectivity index (χ0v) is 15.5. The van der Waals surface area contributed by atoms with Crippen molar-refractivity contribution < 1.29 is 13.9 Å². The molecule has 1 atom stereocenters. The number of nitrogens with zero attached hydrogens (tertiary/aromatic N) is 1. The lowest BCUT2D eigenvalue weighted by Crippen LogP contribution is -2.50. The van der Waals surface area contributed by atoms with Crippen LogP contribution in [0.4, 0.5) is 4.79 Å². The topological polar surface area (TPSA) is 87.9 Å². The number of carbonyl (C=O) groups excluding carboxylic acids is 1. The molecule has 1 rings (SSSR count). The summed E-state index contributed by atoms with van der Waals surface area (Å²) in [7, 11) is 1.70. The van der Waals surface area contributed by atoms with Gasteiger partial charge in [-0.3, -0.25) is 4.99 Å². The monoisotopic (exact) mass is 338 g/mol. The minimum Gasteiger partial charge on any atom is -0.467 e. The fourth-order valence-electron chi connectivity index (χ4n) is 1.92. The van der Waals surface area contributed by atoms with E-state index in [0.717, 1.165) is 5.76 Å². The summed E-state index contributed by atoms with van der Waals surface area (Å²) >= 11 is 0. The summed E-state index contributed by atoms with van der Waals surface area (Å²) in [6.07, 6.45) is 1.22. The van der Waals surface area contributed by atoms with E-state index >= 15 is 0 Å². The molecule has 0 bridgehead atoms. The lowest BCUT2D eigenvalue weighted by atomic mass is 10.0. The first-order valence-electron chi connectivity index (χ1n) is 8.17. The van der Waals surface area contributed by atoms with Crippen molar-refractivity contribution in [2.75, 3.05) is 13.6 Å². The van der Waals surface area contributed by atoms with Gasteiger partial charge in [-0.25, -0.2) is 4.79 Å². The number of amides is 1. The molecular formula is C17H30N4O3. The number of alkyl carbamates (subject to hydrolysis) is 1. The molecule has 3 N–H and O–H groups in total. The molecule has 0 aromatic carbocycles. The van der Waals surface area contributed by atoms with Gasteiger partial charge in [0.1, 0.15) is 11.4 Å². The summed E-state index contributed by atoms with van der Waals surface area (Å²) in [6.45, 7) is 10.7. The predicted molar refractivity (Wildman–Crippen MR) is 94.9 cm³/mol. The van der Waals surface area contributed by atoms with Crippen molar-refractivity contribution in [3.05, 3.63) is 24.2 Å². The van der Waals surface area contributed by atoms with Crippen LogP contribution >= 0.6 is 0 Å². The Morgan fingerprint density at radius 1 is 1.33 bits per heavy atom. The Morgan fingerprint density at radius 2 is 2.04 bits per heavy atom. The van der Waals surface area contributed by atoms with E-state index in [1.165, 1.54) is 0 Å². The largest absolute Gasteiger partial charge is 0.467 e. The third-order valence-electron chi connectivity index (χ3n) is 3.23. The van der Waals surface area contributed by atoms with E-state index in [1.54, 1.807) is 13.3 Å². The highest BCUT2D eigenvalue weighted by Crippen LogP contribution is 2.08.